The first-order valence-electron chi connectivity index (χ1n) is 5.12. The van der Waals surface area contributed by atoms with E-state index in [0.29, 0.717) is 17.9 Å². The van der Waals surface area contributed by atoms with Gasteiger partial charge in [-0.05, 0) is 38.4 Å². The van der Waals surface area contributed by atoms with E-state index in [-0.39, 0.29) is 6.61 Å². The van der Waals surface area contributed by atoms with Gasteiger partial charge in [-0.3, -0.25) is 4.79 Å². The van der Waals surface area contributed by atoms with Crippen LogP contribution < -0.4 is 4.74 Å². The van der Waals surface area contributed by atoms with Gasteiger partial charge in [0.1, 0.15) is 24.7 Å². The smallest absolute Gasteiger partial charge is 0.150 e. The molecule has 0 aliphatic heterocycles. The van der Waals surface area contributed by atoms with Crippen LogP contribution in [0.25, 0.3) is 0 Å². The van der Waals surface area contributed by atoms with Gasteiger partial charge in [0.05, 0.1) is 0 Å². The van der Waals surface area contributed by atoms with E-state index in [2.05, 4.69) is 0 Å². The van der Waals surface area contributed by atoms with E-state index in [0.717, 1.165) is 6.29 Å². The first-order valence-corrected chi connectivity index (χ1v) is 5.12. The number of hydrogen-bond acceptors (Lipinski definition) is 4. The van der Waals surface area contributed by atoms with E-state index in [9.17, 15) is 9.90 Å². The normalized spacial score (nSPS) is 12.5. The maximum Gasteiger partial charge on any atom is 0.150 e. The molecule has 16 heavy (non-hydrogen) atoms. The molecule has 1 rings (SSSR count). The minimum Gasteiger partial charge on any atom is -0.491 e. The monoisotopic (exact) mass is 223 g/mol. The molecule has 0 radical (unpaired) electrons. The second-order valence-corrected chi connectivity index (χ2v) is 3.91. The molecule has 0 bridgehead atoms. The first kappa shape index (κ1) is 12.7. The Labute approximate surface area is 95.5 Å². The highest BCUT2D eigenvalue weighted by Crippen LogP contribution is 2.11. The van der Waals surface area contributed by atoms with E-state index >= 15 is 0 Å². The number of carbonyl (C=O) groups is 1. The van der Waals surface area contributed by atoms with Crippen molar-refractivity contribution in [2.75, 3.05) is 27.2 Å². The number of nitrogens with zero attached hydrogens (tertiary/aromatic N) is 1. The Balaban J connectivity index is 2.39. The first-order chi connectivity index (χ1) is 7.61. The SMILES string of the molecule is CN(C)CC(O)COc1ccc(C=O)cc1. The topological polar surface area (TPSA) is 49.8 Å². The summed E-state index contributed by atoms with van der Waals surface area (Å²) in [7, 11) is 3.78. The van der Waals surface area contributed by atoms with Crippen LogP contribution in [0.1, 0.15) is 10.4 Å². The van der Waals surface area contributed by atoms with Crippen molar-refractivity contribution in [3.8, 4) is 5.75 Å². The van der Waals surface area contributed by atoms with Crippen molar-refractivity contribution in [1.82, 2.24) is 4.90 Å². The van der Waals surface area contributed by atoms with Gasteiger partial charge in [0.25, 0.3) is 0 Å². The number of benzene rings is 1. The summed E-state index contributed by atoms with van der Waals surface area (Å²) >= 11 is 0. The van der Waals surface area contributed by atoms with Crippen molar-refractivity contribution in [3.05, 3.63) is 29.8 Å². The maximum absolute atomic E-state index is 10.4. The van der Waals surface area contributed by atoms with Crippen LogP contribution in [0.4, 0.5) is 0 Å². The van der Waals surface area contributed by atoms with Crippen molar-refractivity contribution >= 4 is 6.29 Å². The molecule has 4 heteroatoms. The summed E-state index contributed by atoms with van der Waals surface area (Å²) in [6.07, 6.45) is 0.269. The third-order valence-electron chi connectivity index (χ3n) is 2.03. The number of aliphatic hydroxyl groups is 1. The molecule has 0 aliphatic carbocycles. The second-order valence-electron chi connectivity index (χ2n) is 3.91. The average molecular weight is 223 g/mol. The zero-order valence-electron chi connectivity index (χ0n) is 9.59. The number of aldehydes is 1. The van der Waals surface area contributed by atoms with E-state index in [1.807, 2.05) is 19.0 Å². The van der Waals surface area contributed by atoms with Crippen molar-refractivity contribution in [2.24, 2.45) is 0 Å². The molecule has 1 aromatic rings. The Bertz CT molecular complexity index is 322. The molecule has 0 aromatic heterocycles. The Hall–Kier alpha value is -1.39. The van der Waals surface area contributed by atoms with Crippen molar-refractivity contribution < 1.29 is 14.6 Å². The lowest BCUT2D eigenvalue weighted by Gasteiger charge is -2.16. The van der Waals surface area contributed by atoms with Crippen molar-refractivity contribution in [3.63, 3.8) is 0 Å². The number of aliphatic hydroxyl groups excluding tert-OH is 1. The van der Waals surface area contributed by atoms with Crippen LogP contribution in [-0.4, -0.2) is 49.6 Å². The van der Waals surface area contributed by atoms with Crippen molar-refractivity contribution in [1.29, 1.82) is 0 Å². The number of hydrogen-bond donors (Lipinski definition) is 1. The summed E-state index contributed by atoms with van der Waals surface area (Å²) in [5, 5.41) is 9.56. The Kier molecular flexibility index (Phi) is 4.95. The van der Waals surface area contributed by atoms with Gasteiger partial charge in [-0.2, -0.15) is 0 Å². The van der Waals surface area contributed by atoms with E-state index in [4.69, 9.17) is 4.74 Å². The highest BCUT2D eigenvalue weighted by atomic mass is 16.5. The van der Waals surface area contributed by atoms with Crippen LogP contribution in [0.3, 0.4) is 0 Å². The van der Waals surface area contributed by atoms with E-state index < -0.39 is 6.10 Å². The lowest BCUT2D eigenvalue weighted by molar-refractivity contribution is 0.0831. The molecule has 0 heterocycles. The van der Waals surface area contributed by atoms with Gasteiger partial charge < -0.3 is 14.7 Å². The molecule has 1 unspecified atom stereocenters. The van der Waals surface area contributed by atoms with Gasteiger partial charge in [0, 0.05) is 12.1 Å². The number of likely N-dealkylation sites (N-methyl/N-ethyl adjacent to an activating group) is 1. The molecule has 0 fully saturated rings. The van der Waals surface area contributed by atoms with Gasteiger partial charge >= 0.3 is 0 Å². The highest BCUT2D eigenvalue weighted by molar-refractivity contribution is 5.74. The fourth-order valence-electron chi connectivity index (χ4n) is 1.31. The molecule has 0 saturated heterocycles. The van der Waals surface area contributed by atoms with Gasteiger partial charge in [-0.1, -0.05) is 0 Å². The lowest BCUT2D eigenvalue weighted by Crippen LogP contribution is -2.30. The van der Waals surface area contributed by atoms with Crippen LogP contribution in [0.2, 0.25) is 0 Å². The second kappa shape index (κ2) is 6.25. The fourth-order valence-corrected chi connectivity index (χ4v) is 1.31. The predicted octanol–water partition coefficient (Wildman–Crippen LogP) is 0.800. The van der Waals surface area contributed by atoms with Gasteiger partial charge in [-0.25, -0.2) is 0 Å². The molecule has 1 N–H and O–H groups in total. The lowest BCUT2D eigenvalue weighted by atomic mass is 10.2. The Morgan fingerprint density at radius 3 is 2.50 bits per heavy atom. The molecule has 0 amide bonds. The standard InChI is InChI=1S/C12H17NO3/c1-13(2)7-11(15)9-16-12-5-3-10(8-14)4-6-12/h3-6,8,11,15H,7,9H2,1-2H3. The minimum atomic E-state index is -0.513. The molecule has 1 aromatic carbocycles. The summed E-state index contributed by atoms with van der Waals surface area (Å²) in [6.45, 7) is 0.811. The zero-order valence-corrected chi connectivity index (χ0v) is 9.59. The number of carbonyl (C=O) groups excluding carboxylic acids is 1. The minimum absolute atomic E-state index is 0.249. The Morgan fingerprint density at radius 2 is 2.00 bits per heavy atom. The molecular weight excluding hydrogens is 206 g/mol. The summed E-state index contributed by atoms with van der Waals surface area (Å²) in [4.78, 5) is 12.3. The maximum atomic E-state index is 10.4. The van der Waals surface area contributed by atoms with Crippen LogP contribution in [0.15, 0.2) is 24.3 Å². The number of rotatable bonds is 6. The van der Waals surface area contributed by atoms with Gasteiger partial charge in [0.15, 0.2) is 0 Å². The molecule has 88 valence electrons. The molecular formula is C12H17NO3. The molecule has 0 spiro atoms. The highest BCUT2D eigenvalue weighted by Gasteiger charge is 2.06. The zero-order chi connectivity index (χ0) is 12.0. The van der Waals surface area contributed by atoms with Gasteiger partial charge in [0.2, 0.25) is 0 Å². The largest absolute Gasteiger partial charge is 0.491 e. The average Bonchev–Trinajstić information content (AvgIpc) is 2.26. The third-order valence-corrected chi connectivity index (χ3v) is 2.03. The molecule has 0 saturated carbocycles. The van der Waals surface area contributed by atoms with E-state index in [1.165, 1.54) is 0 Å². The summed E-state index contributed by atoms with van der Waals surface area (Å²) in [5.41, 5.74) is 0.612. The van der Waals surface area contributed by atoms with Crippen LogP contribution in [-0.2, 0) is 0 Å². The Morgan fingerprint density at radius 1 is 1.38 bits per heavy atom. The third kappa shape index (κ3) is 4.42. The van der Waals surface area contributed by atoms with Crippen LogP contribution in [0, 0.1) is 0 Å². The molecule has 0 aliphatic rings. The van der Waals surface area contributed by atoms with Crippen LogP contribution >= 0.6 is 0 Å². The molecule has 4 nitrogen and oxygen atoms in total. The van der Waals surface area contributed by atoms with Crippen molar-refractivity contribution in [2.45, 2.75) is 6.10 Å². The van der Waals surface area contributed by atoms with Gasteiger partial charge in [-0.15, -0.1) is 0 Å². The quantitative estimate of drug-likeness (QED) is 0.725. The summed E-state index contributed by atoms with van der Waals surface area (Å²) in [6, 6.07) is 6.79. The van der Waals surface area contributed by atoms with Crippen LogP contribution in [0.5, 0.6) is 5.75 Å². The summed E-state index contributed by atoms with van der Waals surface area (Å²) < 4.78 is 5.38. The predicted molar refractivity (Wildman–Crippen MR) is 61.9 cm³/mol. The van der Waals surface area contributed by atoms with E-state index in [1.54, 1.807) is 24.3 Å². The fraction of sp³-hybridized carbons (Fsp3) is 0.417. The number of ether oxygens (including phenoxy) is 1. The molecule has 1 atom stereocenters. The summed E-state index contributed by atoms with van der Waals surface area (Å²) in [5.74, 6) is 0.656.